The van der Waals surface area contributed by atoms with Crippen molar-refractivity contribution >= 4 is 11.8 Å². The minimum absolute atomic E-state index is 0.346. The summed E-state index contributed by atoms with van der Waals surface area (Å²) in [6, 6.07) is 10.5. The fourth-order valence-electron chi connectivity index (χ4n) is 1.52. The summed E-state index contributed by atoms with van der Waals surface area (Å²) in [5, 5.41) is 9.34. The summed E-state index contributed by atoms with van der Waals surface area (Å²) in [7, 11) is 0. The Hall–Kier alpha value is -1.39. The standard InChI is InChI=1S/C14H12F2OS/c1-9(17)10-5-6-14(13(16)7-10)18-12-4-2-3-11(15)8-12/h2-9,17H,1H3/t9-/m1/s1. The highest BCUT2D eigenvalue weighted by Crippen LogP contribution is 2.31. The van der Waals surface area contributed by atoms with E-state index < -0.39 is 11.9 Å². The maximum atomic E-state index is 13.8. The van der Waals surface area contributed by atoms with Crippen LogP contribution in [0.1, 0.15) is 18.6 Å². The highest BCUT2D eigenvalue weighted by Gasteiger charge is 2.08. The van der Waals surface area contributed by atoms with Crippen molar-refractivity contribution in [3.63, 3.8) is 0 Å². The summed E-state index contributed by atoms with van der Waals surface area (Å²) < 4.78 is 26.8. The molecule has 2 aromatic carbocycles. The van der Waals surface area contributed by atoms with Crippen LogP contribution in [0.25, 0.3) is 0 Å². The highest BCUT2D eigenvalue weighted by atomic mass is 32.2. The van der Waals surface area contributed by atoms with Crippen molar-refractivity contribution in [2.75, 3.05) is 0 Å². The normalized spacial score (nSPS) is 12.4. The lowest BCUT2D eigenvalue weighted by molar-refractivity contribution is 0.198. The first-order valence-electron chi connectivity index (χ1n) is 5.47. The average Bonchev–Trinajstić information content (AvgIpc) is 2.31. The molecule has 0 aliphatic carbocycles. The van der Waals surface area contributed by atoms with Crippen molar-refractivity contribution in [2.24, 2.45) is 0 Å². The minimum atomic E-state index is -0.701. The van der Waals surface area contributed by atoms with Crippen LogP contribution in [0.5, 0.6) is 0 Å². The van der Waals surface area contributed by atoms with Crippen LogP contribution in [0.2, 0.25) is 0 Å². The van der Waals surface area contributed by atoms with Crippen LogP contribution in [0, 0.1) is 11.6 Å². The van der Waals surface area contributed by atoms with Gasteiger partial charge in [0.2, 0.25) is 0 Å². The van der Waals surface area contributed by atoms with Crippen LogP contribution in [-0.4, -0.2) is 5.11 Å². The maximum absolute atomic E-state index is 13.8. The quantitative estimate of drug-likeness (QED) is 0.899. The Morgan fingerprint density at radius 1 is 1.11 bits per heavy atom. The predicted molar refractivity (Wildman–Crippen MR) is 67.6 cm³/mol. The van der Waals surface area contributed by atoms with Crippen molar-refractivity contribution < 1.29 is 13.9 Å². The smallest absolute Gasteiger partial charge is 0.137 e. The van der Waals surface area contributed by atoms with Crippen molar-refractivity contribution in [2.45, 2.75) is 22.8 Å². The van der Waals surface area contributed by atoms with Gasteiger partial charge in [-0.15, -0.1) is 0 Å². The highest BCUT2D eigenvalue weighted by molar-refractivity contribution is 7.99. The summed E-state index contributed by atoms with van der Waals surface area (Å²) in [6.45, 7) is 1.58. The van der Waals surface area contributed by atoms with Crippen molar-refractivity contribution in [1.29, 1.82) is 0 Å². The molecule has 0 heterocycles. The molecule has 4 heteroatoms. The van der Waals surface area contributed by atoms with Crippen LogP contribution in [0.15, 0.2) is 52.3 Å². The van der Waals surface area contributed by atoms with Gasteiger partial charge in [0.1, 0.15) is 11.6 Å². The molecule has 2 rings (SSSR count). The Morgan fingerprint density at radius 2 is 1.89 bits per heavy atom. The lowest BCUT2D eigenvalue weighted by atomic mass is 10.1. The molecule has 1 N–H and O–H groups in total. The number of benzene rings is 2. The van der Waals surface area contributed by atoms with Crippen LogP contribution in [-0.2, 0) is 0 Å². The van der Waals surface area contributed by atoms with Gasteiger partial charge in [-0.3, -0.25) is 0 Å². The zero-order valence-corrected chi connectivity index (χ0v) is 10.5. The minimum Gasteiger partial charge on any atom is -0.389 e. The van der Waals surface area contributed by atoms with Crippen LogP contribution >= 0.6 is 11.8 Å². The van der Waals surface area contributed by atoms with Crippen LogP contribution < -0.4 is 0 Å². The molecular formula is C14H12F2OS. The first-order valence-corrected chi connectivity index (χ1v) is 6.29. The van der Waals surface area contributed by atoms with E-state index in [1.54, 1.807) is 31.2 Å². The molecule has 0 aromatic heterocycles. The summed E-state index contributed by atoms with van der Waals surface area (Å²) in [6.07, 6.45) is -0.701. The van der Waals surface area contributed by atoms with E-state index in [2.05, 4.69) is 0 Å². The molecule has 0 saturated heterocycles. The van der Waals surface area contributed by atoms with Crippen molar-refractivity contribution in [1.82, 2.24) is 0 Å². The molecule has 2 aromatic rings. The maximum Gasteiger partial charge on any atom is 0.137 e. The fraction of sp³-hybridized carbons (Fsp3) is 0.143. The topological polar surface area (TPSA) is 20.2 Å². The van der Waals surface area contributed by atoms with E-state index in [4.69, 9.17) is 0 Å². The lowest BCUT2D eigenvalue weighted by Gasteiger charge is -2.08. The molecule has 18 heavy (non-hydrogen) atoms. The van der Waals surface area contributed by atoms with Crippen LogP contribution in [0.3, 0.4) is 0 Å². The average molecular weight is 266 g/mol. The van der Waals surface area contributed by atoms with Gasteiger partial charge in [0, 0.05) is 9.79 Å². The fourth-order valence-corrected chi connectivity index (χ4v) is 2.38. The number of hydrogen-bond acceptors (Lipinski definition) is 2. The molecule has 0 aliphatic rings. The Bertz CT molecular complexity index is 555. The van der Waals surface area contributed by atoms with Gasteiger partial charge >= 0.3 is 0 Å². The van der Waals surface area contributed by atoms with Gasteiger partial charge in [-0.25, -0.2) is 8.78 Å². The first kappa shape index (κ1) is 13.1. The second kappa shape index (κ2) is 5.50. The summed E-state index contributed by atoms with van der Waals surface area (Å²) in [4.78, 5) is 1.05. The molecule has 0 fully saturated rings. The molecule has 94 valence electrons. The molecule has 0 bridgehead atoms. The Morgan fingerprint density at radius 3 is 2.50 bits per heavy atom. The Labute approximate surface area is 108 Å². The Balaban J connectivity index is 2.24. The third kappa shape index (κ3) is 3.09. The number of hydrogen-bond donors (Lipinski definition) is 1. The summed E-state index contributed by atoms with van der Waals surface area (Å²) in [5.74, 6) is -0.760. The van der Waals surface area contributed by atoms with E-state index >= 15 is 0 Å². The van der Waals surface area contributed by atoms with E-state index in [9.17, 15) is 13.9 Å². The zero-order chi connectivity index (χ0) is 13.1. The molecule has 1 atom stereocenters. The molecular weight excluding hydrogens is 254 g/mol. The third-order valence-corrected chi connectivity index (χ3v) is 3.50. The monoisotopic (exact) mass is 266 g/mol. The van der Waals surface area contributed by atoms with Gasteiger partial charge in [-0.1, -0.05) is 23.9 Å². The van der Waals surface area contributed by atoms with Gasteiger partial charge in [-0.05, 0) is 42.8 Å². The molecule has 0 amide bonds. The van der Waals surface area contributed by atoms with Gasteiger partial charge in [-0.2, -0.15) is 0 Å². The SMILES string of the molecule is C[C@@H](O)c1ccc(Sc2cccc(F)c2)c(F)c1. The molecule has 0 unspecified atom stereocenters. The molecule has 0 radical (unpaired) electrons. The van der Waals surface area contributed by atoms with Gasteiger partial charge in [0.25, 0.3) is 0 Å². The van der Waals surface area contributed by atoms with E-state index in [-0.39, 0.29) is 5.82 Å². The second-order valence-electron chi connectivity index (χ2n) is 3.93. The number of rotatable bonds is 3. The first-order chi connectivity index (χ1) is 8.56. The van der Waals surface area contributed by atoms with Gasteiger partial charge < -0.3 is 5.11 Å². The van der Waals surface area contributed by atoms with Crippen molar-refractivity contribution in [3.05, 3.63) is 59.7 Å². The van der Waals surface area contributed by atoms with Gasteiger partial charge in [0.05, 0.1) is 6.10 Å². The van der Waals surface area contributed by atoms with E-state index in [1.807, 2.05) is 0 Å². The number of aliphatic hydroxyl groups excluding tert-OH is 1. The van der Waals surface area contributed by atoms with Crippen molar-refractivity contribution in [3.8, 4) is 0 Å². The zero-order valence-electron chi connectivity index (χ0n) is 9.73. The van der Waals surface area contributed by atoms with E-state index in [0.717, 1.165) is 11.8 Å². The molecule has 1 nitrogen and oxygen atoms in total. The van der Waals surface area contributed by atoms with E-state index in [1.165, 1.54) is 18.2 Å². The lowest BCUT2D eigenvalue weighted by Crippen LogP contribution is -1.92. The summed E-state index contributed by atoms with van der Waals surface area (Å²) >= 11 is 1.15. The number of aliphatic hydroxyl groups is 1. The predicted octanol–water partition coefficient (Wildman–Crippen LogP) is 4.17. The van der Waals surface area contributed by atoms with E-state index in [0.29, 0.717) is 15.4 Å². The third-order valence-electron chi connectivity index (χ3n) is 2.46. The van der Waals surface area contributed by atoms with Gasteiger partial charge in [0.15, 0.2) is 0 Å². The molecule has 0 spiro atoms. The molecule has 0 aliphatic heterocycles. The summed E-state index contributed by atoms with van der Waals surface area (Å²) in [5.41, 5.74) is 0.524. The van der Waals surface area contributed by atoms with Crippen LogP contribution in [0.4, 0.5) is 8.78 Å². The Kier molecular flexibility index (Phi) is 3.99. The molecule has 0 saturated carbocycles. The largest absolute Gasteiger partial charge is 0.389 e. The number of halogens is 2. The second-order valence-corrected chi connectivity index (χ2v) is 5.04.